The Morgan fingerprint density at radius 2 is 1.86 bits per heavy atom. The monoisotopic (exact) mass is 685 g/mol. The van der Waals surface area contributed by atoms with Crippen LogP contribution in [0.5, 0.6) is 5.75 Å². The minimum absolute atomic E-state index is 0.0153. The summed E-state index contributed by atoms with van der Waals surface area (Å²) in [5.74, 6) is -0.500. The van der Waals surface area contributed by atoms with E-state index in [9.17, 15) is 19.5 Å². The molecule has 3 aromatic carbocycles. The minimum atomic E-state index is -3.49. The number of halogens is 1. The van der Waals surface area contributed by atoms with Gasteiger partial charge in [-0.15, -0.1) is 0 Å². The Bertz CT molecular complexity index is 1800. The Kier molecular flexibility index (Phi) is 8.65. The topological polar surface area (TPSA) is 99.6 Å². The summed E-state index contributed by atoms with van der Waals surface area (Å²) in [6, 6.07) is 20.8. The fraction of sp³-hybridized carbons (Fsp3) is 0.447. The lowest BCUT2D eigenvalue weighted by Crippen LogP contribution is -2.45. The van der Waals surface area contributed by atoms with Gasteiger partial charge in [0.2, 0.25) is 20.2 Å². The van der Waals surface area contributed by atoms with Gasteiger partial charge in [-0.1, -0.05) is 37.3 Å². The number of carbonyl (C=O) groups excluding carboxylic acids is 3. The first-order chi connectivity index (χ1) is 23.5. The van der Waals surface area contributed by atoms with Gasteiger partial charge in [-0.25, -0.2) is 0 Å². The lowest BCUT2D eigenvalue weighted by Gasteiger charge is -2.31. The molecule has 4 aliphatic heterocycles. The zero-order chi connectivity index (χ0) is 34.7. The highest BCUT2D eigenvalue weighted by Crippen LogP contribution is 2.61. The van der Waals surface area contributed by atoms with E-state index in [-0.39, 0.29) is 43.3 Å². The van der Waals surface area contributed by atoms with Crippen molar-refractivity contribution in [2.75, 3.05) is 30.1 Å². The molecule has 4 heterocycles. The van der Waals surface area contributed by atoms with Crippen molar-refractivity contribution in [2.24, 2.45) is 5.92 Å². The Labute approximate surface area is 287 Å². The average Bonchev–Trinajstić information content (AvgIpc) is 3.75. The van der Waals surface area contributed by atoms with Gasteiger partial charge in [-0.2, -0.15) is 0 Å². The summed E-state index contributed by atoms with van der Waals surface area (Å²) < 4.78 is 28.8. The molecule has 2 fully saturated rings. The van der Waals surface area contributed by atoms with E-state index < -0.39 is 31.6 Å². The summed E-state index contributed by atoms with van der Waals surface area (Å²) in [5.41, 5.74) is 2.61. The Morgan fingerprint density at radius 3 is 2.61 bits per heavy atom. The third-order valence-electron chi connectivity index (χ3n) is 11.1. The maximum Gasteiger partial charge on any atom is 0.264 e. The largest absolute Gasteiger partial charge is 0.497 e. The number of anilines is 3. The molecule has 9 nitrogen and oxygen atoms in total. The van der Waals surface area contributed by atoms with Gasteiger partial charge in [0.25, 0.3) is 5.91 Å². The van der Waals surface area contributed by atoms with Crippen molar-refractivity contribution >= 4 is 43.2 Å². The number of para-hydroxylation sites is 1. The van der Waals surface area contributed by atoms with Gasteiger partial charge in [-0.05, 0) is 79.9 Å². The molecule has 7 rings (SSSR count). The van der Waals surface area contributed by atoms with Gasteiger partial charge in [0.1, 0.15) is 5.75 Å². The highest BCUT2D eigenvalue weighted by Gasteiger charge is 2.67. The summed E-state index contributed by atoms with van der Waals surface area (Å²) in [7, 11) is -1.93. The molecule has 1 N–H and O–H groups in total. The predicted molar refractivity (Wildman–Crippen MR) is 187 cm³/mol. The summed E-state index contributed by atoms with van der Waals surface area (Å²) in [5, 5.41) is 9.87. The number of amides is 3. The number of likely N-dealkylation sites (tertiary alicyclic amines) is 1. The molecule has 0 aromatic heterocycles. The van der Waals surface area contributed by atoms with Gasteiger partial charge in [0.15, 0.2) is 5.60 Å². The number of benzene rings is 3. The van der Waals surface area contributed by atoms with Crippen LogP contribution in [0.2, 0.25) is 18.6 Å². The zero-order valence-corrected chi connectivity index (χ0v) is 29.5. The van der Waals surface area contributed by atoms with E-state index >= 15 is 4.11 Å². The van der Waals surface area contributed by atoms with Crippen molar-refractivity contribution in [3.8, 4) is 5.75 Å². The predicted octanol–water partition coefficient (Wildman–Crippen LogP) is 6.00. The van der Waals surface area contributed by atoms with Crippen molar-refractivity contribution < 1.29 is 33.1 Å². The summed E-state index contributed by atoms with van der Waals surface area (Å²) in [4.78, 5) is 46.9. The molecule has 0 saturated carbocycles. The first-order valence-corrected chi connectivity index (χ1v) is 20.2. The molecule has 0 bridgehead atoms. The first kappa shape index (κ1) is 33.4. The van der Waals surface area contributed by atoms with E-state index in [4.69, 9.17) is 9.47 Å². The highest BCUT2D eigenvalue weighted by molar-refractivity contribution is 6.72. The summed E-state index contributed by atoms with van der Waals surface area (Å²) in [6.07, 6.45) is 1.76. The van der Waals surface area contributed by atoms with Crippen LogP contribution in [-0.4, -0.2) is 68.5 Å². The van der Waals surface area contributed by atoms with Crippen LogP contribution in [-0.2, 0) is 37.7 Å². The van der Waals surface area contributed by atoms with Crippen LogP contribution in [0.25, 0.3) is 0 Å². The number of hydrogen-bond acceptors (Lipinski definition) is 6. The number of nitrogens with zero attached hydrogens (tertiary/aromatic N) is 3. The number of hydrogen-bond donors (Lipinski definition) is 1. The minimum Gasteiger partial charge on any atom is -0.497 e. The van der Waals surface area contributed by atoms with Gasteiger partial charge in [-0.3, -0.25) is 19.3 Å². The molecule has 5 atom stereocenters. The van der Waals surface area contributed by atoms with Crippen molar-refractivity contribution in [2.45, 2.75) is 82.0 Å². The molecule has 3 amide bonds. The molecule has 4 aliphatic rings. The van der Waals surface area contributed by atoms with Crippen molar-refractivity contribution in [1.82, 2.24) is 4.90 Å². The number of fused-ring (bicyclic) bond motifs is 3. The summed E-state index contributed by atoms with van der Waals surface area (Å²) in [6.45, 7) is 5.74. The van der Waals surface area contributed by atoms with Crippen LogP contribution in [0.3, 0.4) is 0 Å². The Hall–Kier alpha value is -4.06. The van der Waals surface area contributed by atoms with Crippen LogP contribution in [0.15, 0.2) is 66.7 Å². The third-order valence-corrected chi connectivity index (χ3v) is 13.5. The highest BCUT2D eigenvalue weighted by atomic mass is 28.4. The number of carbonyl (C=O) groups is 3. The fourth-order valence-corrected chi connectivity index (χ4v) is 11.3. The fourth-order valence-electron chi connectivity index (χ4n) is 8.84. The van der Waals surface area contributed by atoms with E-state index in [0.29, 0.717) is 36.4 Å². The van der Waals surface area contributed by atoms with Gasteiger partial charge < -0.3 is 28.5 Å². The molecular formula is C38H44FN3O6Si. The SMILES string of the molecule is COc1ccc2c(c1)[C@@]1(O[C@H](CC(=O)N3CCC[C@H]3CO)[C@@H]([Si](C)(C)F)[C@@H]1C)C(=O)N2Cc1cccc(N2C(=O)CCc3ccccc32)c1. The van der Waals surface area contributed by atoms with Crippen LogP contribution < -0.4 is 14.5 Å². The normalized spacial score (nSPS) is 26.4. The number of rotatable bonds is 8. The quantitative estimate of drug-likeness (QED) is 0.231. The van der Waals surface area contributed by atoms with Crippen LogP contribution in [0.4, 0.5) is 21.2 Å². The first-order valence-electron chi connectivity index (χ1n) is 17.2. The average molecular weight is 686 g/mol. The van der Waals surface area contributed by atoms with E-state index in [1.165, 1.54) is 0 Å². The second kappa shape index (κ2) is 12.7. The maximum atomic E-state index is 16.4. The zero-order valence-electron chi connectivity index (χ0n) is 28.5. The second-order valence-corrected chi connectivity index (χ2v) is 18.1. The molecule has 0 unspecified atom stereocenters. The number of ether oxygens (including phenoxy) is 2. The van der Waals surface area contributed by atoms with Gasteiger partial charge in [0, 0.05) is 35.7 Å². The van der Waals surface area contributed by atoms with E-state index in [0.717, 1.165) is 35.3 Å². The van der Waals surface area contributed by atoms with Gasteiger partial charge in [0.05, 0.1) is 50.2 Å². The van der Waals surface area contributed by atoms with Crippen molar-refractivity contribution in [3.63, 3.8) is 0 Å². The standard InChI is InChI=1S/C38H44FN3O6Si/c1-24-36(49(3,4)39)33(21-35(45)40-18-8-12-28(40)23-43)48-38(24)30-20-29(47-2)15-16-32(30)41(37(38)46)22-25-9-7-11-27(19-25)42-31-13-6-5-10-26(31)14-17-34(42)44/h5-7,9-11,13,15-16,19-20,24,28,33,36,43H,8,12,14,17-18,21-23H2,1-4H3/t24-,28-,33+,36-,38+/m0/s1. The molecule has 2 saturated heterocycles. The molecule has 0 radical (unpaired) electrons. The number of aliphatic hydroxyl groups excluding tert-OH is 1. The van der Waals surface area contributed by atoms with Crippen LogP contribution in [0, 0.1) is 5.92 Å². The molecule has 1 spiro atoms. The molecule has 0 aliphatic carbocycles. The van der Waals surface area contributed by atoms with Gasteiger partial charge >= 0.3 is 0 Å². The van der Waals surface area contributed by atoms with E-state index in [2.05, 4.69) is 0 Å². The Morgan fingerprint density at radius 1 is 1.06 bits per heavy atom. The van der Waals surface area contributed by atoms with E-state index in [1.807, 2.05) is 61.5 Å². The molecule has 3 aromatic rings. The van der Waals surface area contributed by atoms with Crippen molar-refractivity contribution in [3.05, 3.63) is 83.4 Å². The lowest BCUT2D eigenvalue weighted by atomic mass is 9.82. The smallest absolute Gasteiger partial charge is 0.264 e. The molecule has 258 valence electrons. The second-order valence-electron chi connectivity index (χ2n) is 14.3. The number of methoxy groups -OCH3 is 1. The summed E-state index contributed by atoms with van der Waals surface area (Å²) >= 11 is 0. The third kappa shape index (κ3) is 5.56. The Balaban J connectivity index is 1.25. The molecule has 11 heteroatoms. The molecular weight excluding hydrogens is 642 g/mol. The number of aryl methyl sites for hydroxylation is 1. The van der Waals surface area contributed by atoms with Crippen LogP contribution in [0.1, 0.15) is 49.3 Å². The van der Waals surface area contributed by atoms with E-state index in [1.54, 1.807) is 47.0 Å². The molecule has 49 heavy (non-hydrogen) atoms. The number of aliphatic hydroxyl groups is 1. The lowest BCUT2D eigenvalue weighted by molar-refractivity contribution is -0.150. The van der Waals surface area contributed by atoms with Crippen molar-refractivity contribution in [1.29, 1.82) is 0 Å². The maximum absolute atomic E-state index is 16.4. The van der Waals surface area contributed by atoms with Crippen LogP contribution >= 0.6 is 0 Å².